The molecule has 0 atom stereocenters. The predicted octanol–water partition coefficient (Wildman–Crippen LogP) is 5.29. The summed E-state index contributed by atoms with van der Waals surface area (Å²) in [6.45, 7) is 9.01. The van der Waals surface area contributed by atoms with Crippen molar-refractivity contribution >= 4 is 0 Å². The van der Waals surface area contributed by atoms with Crippen LogP contribution < -0.4 is 0 Å². The molecule has 0 bridgehead atoms. The van der Waals surface area contributed by atoms with Gasteiger partial charge in [0.1, 0.15) is 0 Å². The van der Waals surface area contributed by atoms with Crippen LogP contribution in [0.15, 0.2) is 42.6 Å². The van der Waals surface area contributed by atoms with E-state index in [1.54, 1.807) is 0 Å². The summed E-state index contributed by atoms with van der Waals surface area (Å²) in [6, 6.07) is 13.2. The zero-order valence-electron chi connectivity index (χ0n) is 13.1. The van der Waals surface area contributed by atoms with E-state index in [0.29, 0.717) is 5.41 Å². The summed E-state index contributed by atoms with van der Waals surface area (Å²) in [5, 5.41) is 0. The van der Waals surface area contributed by atoms with E-state index in [9.17, 15) is 0 Å². The van der Waals surface area contributed by atoms with Crippen LogP contribution >= 0.6 is 0 Å². The number of rotatable bonds is 4. The first-order valence-corrected chi connectivity index (χ1v) is 7.52. The lowest BCUT2D eigenvalue weighted by atomic mass is 9.88. The Bertz CT molecular complexity index is 529. The van der Waals surface area contributed by atoms with Crippen LogP contribution in [0, 0.1) is 5.41 Å². The van der Waals surface area contributed by atoms with E-state index in [0.717, 1.165) is 19.3 Å². The van der Waals surface area contributed by atoms with Gasteiger partial charge in [0.05, 0.1) is 0 Å². The van der Waals surface area contributed by atoms with Crippen molar-refractivity contribution in [2.45, 2.75) is 47.0 Å². The molecular formula is C19H25N. The smallest absolute Gasteiger partial charge is 0.0403 e. The van der Waals surface area contributed by atoms with Gasteiger partial charge in [0.25, 0.3) is 0 Å². The van der Waals surface area contributed by atoms with Gasteiger partial charge in [0.15, 0.2) is 0 Å². The predicted molar refractivity (Wildman–Crippen MR) is 86.8 cm³/mol. The third-order valence-electron chi connectivity index (χ3n) is 3.35. The number of benzene rings is 1. The van der Waals surface area contributed by atoms with Crippen molar-refractivity contribution in [3.8, 4) is 11.1 Å². The molecule has 0 aliphatic heterocycles. The molecule has 2 rings (SSSR count). The van der Waals surface area contributed by atoms with Crippen LogP contribution in [0.5, 0.6) is 0 Å². The number of nitrogens with zero attached hydrogens (tertiary/aromatic N) is 1. The third-order valence-corrected chi connectivity index (χ3v) is 3.35. The second-order valence-electron chi connectivity index (χ2n) is 6.72. The molecule has 0 unspecified atom stereocenters. The first kappa shape index (κ1) is 14.8. The summed E-state index contributed by atoms with van der Waals surface area (Å²) in [7, 11) is 0. The molecule has 2 aromatic rings. The fourth-order valence-corrected chi connectivity index (χ4v) is 2.43. The van der Waals surface area contributed by atoms with Crippen LogP contribution in [0.1, 0.15) is 45.4 Å². The number of pyridine rings is 1. The highest BCUT2D eigenvalue weighted by Gasteiger charge is 2.11. The molecule has 0 aliphatic rings. The Kier molecular flexibility index (Phi) is 4.59. The molecule has 1 aromatic carbocycles. The second-order valence-corrected chi connectivity index (χ2v) is 6.72. The first-order valence-electron chi connectivity index (χ1n) is 7.52. The Morgan fingerprint density at radius 2 is 1.55 bits per heavy atom. The van der Waals surface area contributed by atoms with Gasteiger partial charge in [-0.2, -0.15) is 0 Å². The van der Waals surface area contributed by atoms with Gasteiger partial charge in [0, 0.05) is 17.5 Å². The summed E-state index contributed by atoms with van der Waals surface area (Å²) in [5.74, 6) is 0. The van der Waals surface area contributed by atoms with E-state index >= 15 is 0 Å². The van der Waals surface area contributed by atoms with Crippen LogP contribution in [-0.2, 0) is 12.8 Å². The molecule has 0 saturated heterocycles. The lowest BCUT2D eigenvalue weighted by molar-refractivity contribution is 0.411. The molecule has 1 aromatic heterocycles. The fourth-order valence-electron chi connectivity index (χ4n) is 2.43. The van der Waals surface area contributed by atoms with Gasteiger partial charge < -0.3 is 0 Å². The van der Waals surface area contributed by atoms with Gasteiger partial charge in [-0.3, -0.25) is 4.98 Å². The highest BCUT2D eigenvalue weighted by molar-refractivity contribution is 5.62. The highest BCUT2D eigenvalue weighted by Crippen LogP contribution is 2.24. The average Bonchev–Trinajstić information content (AvgIpc) is 2.39. The molecule has 0 spiro atoms. The van der Waals surface area contributed by atoms with E-state index in [-0.39, 0.29) is 0 Å². The molecular weight excluding hydrogens is 242 g/mol. The Labute approximate surface area is 123 Å². The third kappa shape index (κ3) is 4.19. The van der Waals surface area contributed by atoms with Gasteiger partial charge >= 0.3 is 0 Å². The van der Waals surface area contributed by atoms with Crippen molar-refractivity contribution in [2.75, 3.05) is 0 Å². The molecule has 0 N–H and O–H groups in total. The minimum Gasteiger partial charge on any atom is -0.261 e. The van der Waals surface area contributed by atoms with Crippen molar-refractivity contribution in [1.82, 2.24) is 4.98 Å². The Morgan fingerprint density at radius 3 is 2.05 bits per heavy atom. The molecule has 0 aliphatic carbocycles. The maximum atomic E-state index is 4.53. The van der Waals surface area contributed by atoms with E-state index in [1.807, 2.05) is 6.20 Å². The zero-order valence-corrected chi connectivity index (χ0v) is 13.1. The van der Waals surface area contributed by atoms with Crippen LogP contribution in [-0.4, -0.2) is 4.98 Å². The van der Waals surface area contributed by atoms with E-state index in [2.05, 4.69) is 69.1 Å². The molecule has 0 amide bonds. The van der Waals surface area contributed by atoms with Crippen molar-refractivity contribution in [3.05, 3.63) is 53.9 Å². The van der Waals surface area contributed by atoms with Crippen molar-refractivity contribution < 1.29 is 0 Å². The zero-order chi connectivity index (χ0) is 14.6. The van der Waals surface area contributed by atoms with Gasteiger partial charge in [-0.25, -0.2) is 0 Å². The number of aromatic nitrogens is 1. The van der Waals surface area contributed by atoms with Crippen molar-refractivity contribution in [3.63, 3.8) is 0 Å². The first-order chi connectivity index (χ1) is 9.48. The lowest BCUT2D eigenvalue weighted by Crippen LogP contribution is -2.08. The van der Waals surface area contributed by atoms with E-state index in [4.69, 9.17) is 0 Å². The summed E-state index contributed by atoms with van der Waals surface area (Å²) in [6.07, 6.45) is 5.31. The van der Waals surface area contributed by atoms with Gasteiger partial charge in [-0.1, -0.05) is 64.4 Å². The maximum absolute atomic E-state index is 4.53. The lowest BCUT2D eigenvalue weighted by Gasteiger charge is -2.18. The summed E-state index contributed by atoms with van der Waals surface area (Å²) < 4.78 is 0. The van der Waals surface area contributed by atoms with Crippen molar-refractivity contribution in [2.24, 2.45) is 5.41 Å². The average molecular weight is 267 g/mol. The normalized spacial score (nSPS) is 11.6. The monoisotopic (exact) mass is 267 g/mol. The van der Waals surface area contributed by atoms with Gasteiger partial charge in [0.2, 0.25) is 0 Å². The highest BCUT2D eigenvalue weighted by atomic mass is 14.7. The summed E-state index contributed by atoms with van der Waals surface area (Å²) in [4.78, 5) is 4.53. The summed E-state index contributed by atoms with van der Waals surface area (Å²) in [5.41, 5.74) is 5.37. The van der Waals surface area contributed by atoms with E-state index < -0.39 is 0 Å². The number of hydrogen-bond donors (Lipinski definition) is 0. The molecule has 0 fully saturated rings. The standard InChI is InChI=1S/C19H25N/c1-5-6-18-12-11-17(14-20-18)16-9-7-15(8-10-16)13-19(2,3)4/h7-12,14H,5-6,13H2,1-4H3. The quantitative estimate of drug-likeness (QED) is 0.733. The van der Waals surface area contributed by atoms with Gasteiger partial charge in [-0.15, -0.1) is 0 Å². The van der Waals surface area contributed by atoms with Crippen LogP contribution in [0.25, 0.3) is 11.1 Å². The second kappa shape index (κ2) is 6.21. The molecule has 20 heavy (non-hydrogen) atoms. The van der Waals surface area contributed by atoms with Crippen molar-refractivity contribution in [1.29, 1.82) is 0 Å². The van der Waals surface area contributed by atoms with Gasteiger partial charge in [-0.05, 0) is 35.4 Å². The fraction of sp³-hybridized carbons (Fsp3) is 0.421. The molecule has 1 nitrogen and oxygen atoms in total. The Morgan fingerprint density at radius 1 is 0.900 bits per heavy atom. The molecule has 0 saturated carbocycles. The maximum Gasteiger partial charge on any atom is 0.0403 e. The summed E-state index contributed by atoms with van der Waals surface area (Å²) >= 11 is 0. The van der Waals surface area contributed by atoms with Crippen LogP contribution in [0.3, 0.4) is 0 Å². The van der Waals surface area contributed by atoms with Crippen LogP contribution in [0.4, 0.5) is 0 Å². The largest absolute Gasteiger partial charge is 0.261 e. The number of hydrogen-bond acceptors (Lipinski definition) is 1. The molecule has 1 heterocycles. The minimum absolute atomic E-state index is 0.338. The van der Waals surface area contributed by atoms with E-state index in [1.165, 1.54) is 22.4 Å². The van der Waals surface area contributed by atoms with Crippen LogP contribution in [0.2, 0.25) is 0 Å². The SMILES string of the molecule is CCCc1ccc(-c2ccc(CC(C)(C)C)cc2)cn1. The Hall–Kier alpha value is -1.63. The molecule has 106 valence electrons. The molecule has 1 heteroatoms. The minimum atomic E-state index is 0.338. The number of aryl methyl sites for hydroxylation is 1. The Balaban J connectivity index is 2.13. The topological polar surface area (TPSA) is 12.9 Å². The molecule has 0 radical (unpaired) electrons.